The molecule has 1 amide bonds. The number of halogens is 1. The summed E-state index contributed by atoms with van der Waals surface area (Å²) in [6.07, 6.45) is 0.855. The zero-order valence-electron chi connectivity index (χ0n) is 10.7. The first-order valence-electron chi connectivity index (χ1n) is 5.45. The van der Waals surface area contributed by atoms with E-state index in [1.54, 1.807) is 25.3 Å². The van der Waals surface area contributed by atoms with Crippen molar-refractivity contribution in [2.24, 2.45) is 5.10 Å². The minimum atomic E-state index is -0.625. The van der Waals surface area contributed by atoms with Crippen LogP contribution in [0.1, 0.15) is 5.56 Å². The van der Waals surface area contributed by atoms with E-state index in [4.69, 9.17) is 9.47 Å². The van der Waals surface area contributed by atoms with Crippen molar-refractivity contribution in [3.8, 4) is 11.5 Å². The second-order valence-electron chi connectivity index (χ2n) is 3.31. The Morgan fingerprint density at radius 1 is 1.42 bits per heavy atom. The molecule has 1 aromatic carbocycles. The highest BCUT2D eigenvalue weighted by atomic mass is 79.9. The molecule has 0 aromatic heterocycles. The van der Waals surface area contributed by atoms with Crippen LogP contribution < -0.4 is 14.9 Å². The molecule has 19 heavy (non-hydrogen) atoms. The van der Waals surface area contributed by atoms with Crippen LogP contribution in [0, 0.1) is 0 Å². The first kappa shape index (κ1) is 15.3. The highest BCUT2D eigenvalue weighted by Gasteiger charge is 2.04. The van der Waals surface area contributed by atoms with Gasteiger partial charge in [-0.05, 0) is 23.8 Å². The predicted octanol–water partition coefficient (Wildman–Crippen LogP) is 2.16. The Hall–Kier alpha value is -1.76. The van der Waals surface area contributed by atoms with Crippen molar-refractivity contribution < 1.29 is 19.0 Å². The van der Waals surface area contributed by atoms with Crippen LogP contribution in [-0.4, -0.2) is 38.5 Å². The second-order valence-corrected chi connectivity index (χ2v) is 4.10. The van der Waals surface area contributed by atoms with Gasteiger partial charge in [0, 0.05) is 5.33 Å². The molecule has 0 unspecified atom stereocenters. The largest absolute Gasteiger partial charge is 0.493 e. The smallest absolute Gasteiger partial charge is 0.427 e. The molecule has 0 saturated carbocycles. The van der Waals surface area contributed by atoms with Crippen LogP contribution >= 0.6 is 15.9 Å². The number of carbonyl (C=O) groups is 1. The fourth-order valence-corrected chi connectivity index (χ4v) is 1.40. The second kappa shape index (κ2) is 8.36. The summed E-state index contributed by atoms with van der Waals surface area (Å²) in [6, 6.07) is 5.33. The zero-order chi connectivity index (χ0) is 14.1. The van der Waals surface area contributed by atoms with E-state index in [2.05, 4.69) is 31.2 Å². The van der Waals surface area contributed by atoms with E-state index in [-0.39, 0.29) is 0 Å². The summed E-state index contributed by atoms with van der Waals surface area (Å²) in [5.41, 5.74) is 2.96. The van der Waals surface area contributed by atoms with Crippen LogP contribution in [0.2, 0.25) is 0 Å². The lowest BCUT2D eigenvalue weighted by atomic mass is 10.2. The van der Waals surface area contributed by atoms with Crippen molar-refractivity contribution in [1.29, 1.82) is 0 Å². The van der Waals surface area contributed by atoms with Gasteiger partial charge < -0.3 is 14.2 Å². The molecule has 1 aromatic rings. The molecule has 1 N–H and O–H groups in total. The molecule has 7 heteroatoms. The maximum Gasteiger partial charge on any atom is 0.427 e. The molecule has 0 atom stereocenters. The lowest BCUT2D eigenvalue weighted by Gasteiger charge is -2.09. The molecule has 0 spiro atoms. The van der Waals surface area contributed by atoms with Crippen LogP contribution in [0.5, 0.6) is 11.5 Å². The van der Waals surface area contributed by atoms with Gasteiger partial charge >= 0.3 is 6.09 Å². The Bertz CT molecular complexity index is 451. The van der Waals surface area contributed by atoms with Crippen molar-refractivity contribution in [1.82, 2.24) is 5.43 Å². The predicted molar refractivity (Wildman–Crippen MR) is 75.4 cm³/mol. The number of ether oxygens (including phenoxy) is 3. The van der Waals surface area contributed by atoms with Gasteiger partial charge in [-0.2, -0.15) is 5.10 Å². The van der Waals surface area contributed by atoms with Crippen LogP contribution in [0.3, 0.4) is 0 Å². The maximum atomic E-state index is 10.8. The normalized spacial score (nSPS) is 10.3. The summed E-state index contributed by atoms with van der Waals surface area (Å²) in [5.74, 6) is 1.25. The number of methoxy groups -OCH3 is 2. The highest BCUT2D eigenvalue weighted by molar-refractivity contribution is 9.09. The maximum absolute atomic E-state index is 10.8. The fraction of sp³-hybridized carbons (Fsp3) is 0.333. The number of carbonyl (C=O) groups excluding carboxylic acids is 1. The lowest BCUT2D eigenvalue weighted by molar-refractivity contribution is 0.171. The van der Waals surface area contributed by atoms with Gasteiger partial charge in [0.2, 0.25) is 0 Å². The summed E-state index contributed by atoms with van der Waals surface area (Å²) >= 11 is 3.28. The average Bonchev–Trinajstić information content (AvgIpc) is 2.45. The van der Waals surface area contributed by atoms with Crippen LogP contribution in [0.25, 0.3) is 0 Å². The van der Waals surface area contributed by atoms with Crippen molar-refractivity contribution in [3.63, 3.8) is 0 Å². The Morgan fingerprint density at radius 3 is 2.84 bits per heavy atom. The number of hydrogen-bond donors (Lipinski definition) is 1. The lowest BCUT2D eigenvalue weighted by Crippen LogP contribution is -2.16. The van der Waals surface area contributed by atoms with Crippen molar-refractivity contribution in [2.45, 2.75) is 0 Å². The first-order chi connectivity index (χ1) is 9.21. The summed E-state index contributed by atoms with van der Waals surface area (Å²) in [6.45, 7) is 0.549. The summed E-state index contributed by atoms with van der Waals surface area (Å²) < 4.78 is 15.1. The molecule has 0 heterocycles. The molecule has 0 aliphatic carbocycles. The Labute approximate surface area is 119 Å². The van der Waals surface area contributed by atoms with Gasteiger partial charge in [0.05, 0.1) is 27.0 Å². The number of alkyl halides is 1. The quantitative estimate of drug-likeness (QED) is 0.493. The Balaban J connectivity index is 2.73. The standard InChI is InChI=1S/C12H15BrN2O4/c1-17-11-7-9(8-14-15-12(16)18-2)3-4-10(11)19-6-5-13/h3-4,7-8H,5-6H2,1-2H3,(H,15,16)/b14-8+. The highest BCUT2D eigenvalue weighted by Crippen LogP contribution is 2.27. The molecule has 0 fully saturated rings. The third-order valence-electron chi connectivity index (χ3n) is 2.08. The average molecular weight is 331 g/mol. The monoisotopic (exact) mass is 330 g/mol. The number of amides is 1. The molecule has 104 valence electrons. The minimum Gasteiger partial charge on any atom is -0.493 e. The van der Waals surface area contributed by atoms with E-state index in [0.29, 0.717) is 18.1 Å². The van der Waals surface area contributed by atoms with Gasteiger partial charge in [-0.15, -0.1) is 0 Å². The number of benzene rings is 1. The Kier molecular flexibility index (Phi) is 6.73. The summed E-state index contributed by atoms with van der Waals surface area (Å²) in [4.78, 5) is 10.8. The number of nitrogens with one attached hydrogen (secondary N) is 1. The van der Waals surface area contributed by atoms with Crippen molar-refractivity contribution in [3.05, 3.63) is 23.8 Å². The SMILES string of the molecule is COC(=O)N/N=C/c1ccc(OCCBr)c(OC)c1. The van der Waals surface area contributed by atoms with Crippen LogP contribution in [0.4, 0.5) is 4.79 Å². The van der Waals surface area contributed by atoms with E-state index in [1.165, 1.54) is 13.3 Å². The number of rotatable bonds is 6. The van der Waals surface area contributed by atoms with E-state index in [0.717, 1.165) is 10.9 Å². The van der Waals surface area contributed by atoms with E-state index in [9.17, 15) is 4.79 Å². The molecule has 6 nitrogen and oxygen atoms in total. The molecule has 0 radical (unpaired) electrons. The third-order valence-corrected chi connectivity index (χ3v) is 2.40. The number of hydrogen-bond acceptors (Lipinski definition) is 5. The summed E-state index contributed by atoms with van der Waals surface area (Å²) in [7, 11) is 2.83. The van der Waals surface area contributed by atoms with Gasteiger partial charge in [0.1, 0.15) is 0 Å². The van der Waals surface area contributed by atoms with Crippen LogP contribution in [0.15, 0.2) is 23.3 Å². The zero-order valence-corrected chi connectivity index (χ0v) is 12.3. The number of hydrazone groups is 1. The third kappa shape index (κ3) is 5.17. The van der Waals surface area contributed by atoms with Crippen molar-refractivity contribution >= 4 is 28.2 Å². The first-order valence-corrected chi connectivity index (χ1v) is 6.57. The van der Waals surface area contributed by atoms with Gasteiger partial charge in [-0.25, -0.2) is 10.2 Å². The van der Waals surface area contributed by atoms with E-state index in [1.807, 2.05) is 0 Å². The molecule has 0 saturated heterocycles. The van der Waals surface area contributed by atoms with Crippen LogP contribution in [-0.2, 0) is 4.74 Å². The van der Waals surface area contributed by atoms with E-state index >= 15 is 0 Å². The van der Waals surface area contributed by atoms with Crippen molar-refractivity contribution in [2.75, 3.05) is 26.2 Å². The molecular weight excluding hydrogens is 316 g/mol. The summed E-state index contributed by atoms with van der Waals surface area (Å²) in [5, 5.41) is 4.46. The van der Waals surface area contributed by atoms with E-state index < -0.39 is 6.09 Å². The van der Waals surface area contributed by atoms with Gasteiger partial charge in [-0.1, -0.05) is 15.9 Å². The molecule has 0 aliphatic rings. The fourth-order valence-electron chi connectivity index (χ4n) is 1.24. The molecule has 1 rings (SSSR count). The molecule has 0 bridgehead atoms. The number of nitrogens with zero attached hydrogens (tertiary/aromatic N) is 1. The minimum absolute atomic E-state index is 0.549. The molecular formula is C12H15BrN2O4. The van der Waals surface area contributed by atoms with Gasteiger partial charge in [0.25, 0.3) is 0 Å². The topological polar surface area (TPSA) is 69.2 Å². The molecule has 0 aliphatic heterocycles. The Morgan fingerprint density at radius 2 is 2.21 bits per heavy atom. The van der Waals surface area contributed by atoms with Gasteiger partial charge in [-0.3, -0.25) is 0 Å². The van der Waals surface area contributed by atoms with Gasteiger partial charge in [0.15, 0.2) is 11.5 Å².